The summed E-state index contributed by atoms with van der Waals surface area (Å²) in [6.45, 7) is 0. The molecule has 7 heteroatoms. The molecule has 1 aliphatic heterocycles. The van der Waals surface area contributed by atoms with Gasteiger partial charge in [0, 0.05) is 29.0 Å². The zero-order valence-corrected chi connectivity index (χ0v) is 26.0. The van der Waals surface area contributed by atoms with E-state index in [0.717, 1.165) is 37.7 Å². The van der Waals surface area contributed by atoms with Gasteiger partial charge < -0.3 is 5.11 Å². The van der Waals surface area contributed by atoms with E-state index in [1.807, 2.05) is 54.6 Å². The predicted molar refractivity (Wildman–Crippen MR) is 173 cm³/mol. The standard InChI is InChI=1S/C40H36FNO5/c41-32-18-10-17-28(37(32)45)35-26-19-20-27-34(39(47)42(38(27)46)25-15-8-3-9-16-25)30(26)21-31-36(44)29(23-11-4-1-5-12-23)22-33(43)40(31,35)24-13-6-2-7-14-24/h1-2,4-7,10-14,17-19,22,25,27,30-31,34-35,45H,3,8-9,15-16,20-21H2/t27-,30+,31-,34-,35+,40-/m0/s1. The van der Waals surface area contributed by atoms with Gasteiger partial charge in [0.25, 0.3) is 0 Å². The molecule has 1 N–H and O–H groups in total. The fourth-order valence-electron chi connectivity index (χ4n) is 9.71. The molecule has 3 fully saturated rings. The van der Waals surface area contributed by atoms with Gasteiger partial charge in [-0.3, -0.25) is 24.1 Å². The molecule has 5 aliphatic rings. The largest absolute Gasteiger partial charge is 0.505 e. The summed E-state index contributed by atoms with van der Waals surface area (Å²) in [4.78, 5) is 59.8. The number of phenols is 1. The van der Waals surface area contributed by atoms with Gasteiger partial charge in [0.05, 0.1) is 17.3 Å². The molecule has 1 heterocycles. The van der Waals surface area contributed by atoms with Crippen molar-refractivity contribution < 1.29 is 28.7 Å². The molecule has 6 nitrogen and oxygen atoms in total. The molecule has 0 radical (unpaired) electrons. The molecule has 6 atom stereocenters. The van der Waals surface area contributed by atoms with Gasteiger partial charge >= 0.3 is 0 Å². The van der Waals surface area contributed by atoms with Crippen LogP contribution in [0.1, 0.15) is 67.6 Å². The Balaban J connectivity index is 1.36. The summed E-state index contributed by atoms with van der Waals surface area (Å²) < 4.78 is 15.2. The van der Waals surface area contributed by atoms with E-state index in [4.69, 9.17) is 0 Å². The summed E-state index contributed by atoms with van der Waals surface area (Å²) in [7, 11) is 0. The zero-order valence-electron chi connectivity index (χ0n) is 26.0. The summed E-state index contributed by atoms with van der Waals surface area (Å²) in [5, 5.41) is 11.3. The highest BCUT2D eigenvalue weighted by Crippen LogP contribution is 2.64. The average molecular weight is 630 g/mol. The second-order valence-corrected chi connectivity index (χ2v) is 13.8. The van der Waals surface area contributed by atoms with Crippen LogP contribution in [0.5, 0.6) is 5.75 Å². The molecule has 0 bridgehead atoms. The molecule has 4 aliphatic carbocycles. The molecule has 0 unspecified atom stereocenters. The monoisotopic (exact) mass is 629 g/mol. The molecule has 1 saturated heterocycles. The Morgan fingerprint density at radius 3 is 2.21 bits per heavy atom. The number of para-hydroxylation sites is 1. The number of hydrogen-bond acceptors (Lipinski definition) is 5. The zero-order chi connectivity index (χ0) is 32.4. The molecule has 238 valence electrons. The van der Waals surface area contributed by atoms with Crippen molar-refractivity contribution in [3.05, 3.63) is 119 Å². The van der Waals surface area contributed by atoms with Gasteiger partial charge in [-0.2, -0.15) is 0 Å². The Labute approximate surface area is 273 Å². The van der Waals surface area contributed by atoms with Crippen LogP contribution >= 0.6 is 0 Å². The molecule has 0 aromatic heterocycles. The number of carbonyl (C=O) groups excluding carboxylic acids is 4. The summed E-state index contributed by atoms with van der Waals surface area (Å²) in [6, 6.07) is 22.4. The number of benzene rings is 3. The number of phenolic OH excluding ortho intramolecular Hbond substituents is 1. The topological polar surface area (TPSA) is 91.8 Å². The lowest BCUT2D eigenvalue weighted by Crippen LogP contribution is -2.58. The van der Waals surface area contributed by atoms with Crippen LogP contribution in [-0.4, -0.2) is 39.4 Å². The quantitative estimate of drug-likeness (QED) is 0.257. The van der Waals surface area contributed by atoms with Gasteiger partial charge in [-0.05, 0) is 54.9 Å². The first-order chi connectivity index (χ1) is 22.8. The molecule has 3 aromatic rings. The van der Waals surface area contributed by atoms with E-state index in [2.05, 4.69) is 0 Å². The third kappa shape index (κ3) is 4.28. The first kappa shape index (κ1) is 29.7. The Morgan fingerprint density at radius 2 is 1.49 bits per heavy atom. The van der Waals surface area contributed by atoms with E-state index in [0.29, 0.717) is 23.1 Å². The number of allylic oxidation sites excluding steroid dienone is 4. The summed E-state index contributed by atoms with van der Waals surface area (Å²) in [5.74, 6) is -5.96. The molecule has 3 aromatic carbocycles. The van der Waals surface area contributed by atoms with E-state index in [9.17, 15) is 24.3 Å². The number of ketones is 2. The maximum absolute atomic E-state index is 15.2. The van der Waals surface area contributed by atoms with E-state index >= 15 is 4.39 Å². The molecule has 47 heavy (non-hydrogen) atoms. The normalized spacial score (nSPS) is 30.7. The van der Waals surface area contributed by atoms with Gasteiger partial charge in [-0.25, -0.2) is 4.39 Å². The smallest absolute Gasteiger partial charge is 0.233 e. The Kier molecular flexibility index (Phi) is 7.12. The van der Waals surface area contributed by atoms with Crippen LogP contribution in [0.3, 0.4) is 0 Å². The Hall–Kier alpha value is -4.65. The number of nitrogens with zero attached hydrogens (tertiary/aromatic N) is 1. The number of aromatic hydroxyl groups is 1. The third-order valence-corrected chi connectivity index (χ3v) is 11.7. The van der Waals surface area contributed by atoms with Crippen LogP contribution in [0.15, 0.2) is 96.6 Å². The van der Waals surface area contributed by atoms with Gasteiger partial charge in [0.15, 0.2) is 23.1 Å². The van der Waals surface area contributed by atoms with Crippen molar-refractivity contribution in [2.45, 2.75) is 62.3 Å². The maximum atomic E-state index is 15.2. The van der Waals surface area contributed by atoms with Crippen molar-refractivity contribution in [1.82, 2.24) is 4.90 Å². The van der Waals surface area contributed by atoms with Gasteiger partial charge in [0.1, 0.15) is 0 Å². The summed E-state index contributed by atoms with van der Waals surface area (Å²) >= 11 is 0. The highest BCUT2D eigenvalue weighted by Gasteiger charge is 2.66. The Bertz CT molecular complexity index is 1860. The Morgan fingerprint density at radius 1 is 0.787 bits per heavy atom. The number of rotatable bonds is 4. The van der Waals surface area contributed by atoms with Crippen molar-refractivity contribution >= 4 is 29.0 Å². The first-order valence-corrected chi connectivity index (χ1v) is 16.8. The number of halogens is 1. The number of imide groups is 1. The van der Waals surface area contributed by atoms with Crippen LogP contribution in [0, 0.1) is 29.5 Å². The van der Waals surface area contributed by atoms with Crippen LogP contribution in [0.4, 0.5) is 4.39 Å². The average Bonchev–Trinajstić information content (AvgIpc) is 3.37. The number of likely N-dealkylation sites (tertiary alicyclic amines) is 1. The van der Waals surface area contributed by atoms with Crippen LogP contribution in [-0.2, 0) is 24.6 Å². The van der Waals surface area contributed by atoms with E-state index in [-0.39, 0.29) is 41.4 Å². The molecular weight excluding hydrogens is 593 g/mol. The predicted octanol–water partition coefficient (Wildman–Crippen LogP) is 6.69. The van der Waals surface area contributed by atoms with Crippen molar-refractivity contribution in [2.75, 3.05) is 0 Å². The van der Waals surface area contributed by atoms with Crippen molar-refractivity contribution in [1.29, 1.82) is 0 Å². The van der Waals surface area contributed by atoms with Gasteiger partial charge in [-0.15, -0.1) is 0 Å². The fraction of sp³-hybridized carbons (Fsp3) is 0.350. The van der Waals surface area contributed by atoms with E-state index in [1.165, 1.54) is 23.1 Å². The van der Waals surface area contributed by atoms with E-state index < -0.39 is 46.6 Å². The lowest BCUT2D eigenvalue weighted by atomic mass is 9.44. The van der Waals surface area contributed by atoms with Crippen LogP contribution in [0.25, 0.3) is 5.57 Å². The molecule has 2 saturated carbocycles. The lowest BCUT2D eigenvalue weighted by Gasteiger charge is -2.55. The van der Waals surface area contributed by atoms with Crippen LogP contribution < -0.4 is 0 Å². The van der Waals surface area contributed by atoms with Crippen molar-refractivity contribution in [3.63, 3.8) is 0 Å². The number of amides is 2. The van der Waals surface area contributed by atoms with Crippen molar-refractivity contribution in [3.8, 4) is 5.75 Å². The maximum Gasteiger partial charge on any atom is 0.233 e. The van der Waals surface area contributed by atoms with Crippen LogP contribution in [0.2, 0.25) is 0 Å². The molecule has 2 amide bonds. The summed E-state index contributed by atoms with van der Waals surface area (Å²) in [5.41, 5.74) is 0.928. The van der Waals surface area contributed by atoms with E-state index in [1.54, 1.807) is 18.2 Å². The highest BCUT2D eigenvalue weighted by atomic mass is 19.1. The molecular formula is C40H36FNO5. The number of Topliss-reactive ketones (excluding diaryl/α,β-unsaturated/α-hetero) is 1. The minimum absolute atomic E-state index is 0.127. The number of fused-ring (bicyclic) bond motifs is 4. The molecule has 0 spiro atoms. The third-order valence-electron chi connectivity index (χ3n) is 11.7. The van der Waals surface area contributed by atoms with Gasteiger partial charge in [0.2, 0.25) is 11.8 Å². The second-order valence-electron chi connectivity index (χ2n) is 13.8. The first-order valence-electron chi connectivity index (χ1n) is 16.8. The minimum Gasteiger partial charge on any atom is -0.505 e. The number of hydrogen-bond donors (Lipinski definition) is 1. The van der Waals surface area contributed by atoms with Crippen molar-refractivity contribution in [2.24, 2.45) is 23.7 Å². The highest BCUT2D eigenvalue weighted by molar-refractivity contribution is 6.31. The second kappa shape index (κ2) is 11.3. The lowest BCUT2D eigenvalue weighted by molar-refractivity contribution is -0.144. The summed E-state index contributed by atoms with van der Waals surface area (Å²) in [6.07, 6.45) is 8.47. The fourth-order valence-corrected chi connectivity index (χ4v) is 9.71. The number of carbonyl (C=O) groups is 4. The molecule has 8 rings (SSSR count). The van der Waals surface area contributed by atoms with Gasteiger partial charge in [-0.1, -0.05) is 104 Å². The minimum atomic E-state index is -1.51. The SMILES string of the molecule is O=C1C(c2ccccc2)=CC(=O)[C@@]2(c3ccccc3)[C@@H](c3cccc(F)c3O)C3=CC[C@@H]4C(=O)N(C5CCCCC5)C(=O)[C@@H]4[C@@H]3C[C@@H]12.